The van der Waals surface area contributed by atoms with Crippen LogP contribution in [-0.4, -0.2) is 17.1 Å². The number of ether oxygens (including phenoxy) is 1. The maximum absolute atomic E-state index is 6.28. The topological polar surface area (TPSA) is 35.0 Å². The summed E-state index contributed by atoms with van der Waals surface area (Å²) >= 11 is 12.0. The van der Waals surface area contributed by atoms with E-state index < -0.39 is 0 Å². The Morgan fingerprint density at radius 3 is 2.43 bits per heavy atom. The van der Waals surface area contributed by atoms with E-state index in [0.29, 0.717) is 11.0 Å². The van der Waals surface area contributed by atoms with Gasteiger partial charge in [-0.15, -0.1) is 0 Å². The summed E-state index contributed by atoms with van der Waals surface area (Å²) in [4.78, 5) is 9.11. The number of rotatable bonds is 2. The van der Waals surface area contributed by atoms with Crippen LogP contribution in [-0.2, 0) is 5.41 Å². The predicted octanol–water partition coefficient (Wildman–Crippen LogP) is 5.47. The molecule has 0 spiro atoms. The van der Waals surface area contributed by atoms with E-state index in [0.717, 1.165) is 25.0 Å². The van der Waals surface area contributed by atoms with Crippen molar-refractivity contribution >= 4 is 50.1 Å². The Hall–Kier alpha value is -0.400. The Kier molecular flexibility index (Phi) is 5.15. The van der Waals surface area contributed by atoms with Gasteiger partial charge in [0, 0.05) is 11.0 Å². The van der Waals surface area contributed by atoms with E-state index in [-0.39, 0.29) is 5.41 Å². The Bertz CT molecular complexity index is 686. The second-order valence-electron chi connectivity index (χ2n) is 5.60. The molecule has 21 heavy (non-hydrogen) atoms. The molecule has 112 valence electrons. The molecule has 0 saturated carbocycles. The molecular formula is C15H15BrClIN2O. The third-order valence-corrected chi connectivity index (χ3v) is 5.17. The summed E-state index contributed by atoms with van der Waals surface area (Å²) in [5.41, 5.74) is 1.75. The van der Waals surface area contributed by atoms with Crippen molar-refractivity contribution in [2.45, 2.75) is 26.2 Å². The van der Waals surface area contributed by atoms with Gasteiger partial charge in [-0.2, -0.15) is 0 Å². The van der Waals surface area contributed by atoms with E-state index in [1.54, 1.807) is 7.11 Å². The van der Waals surface area contributed by atoms with Gasteiger partial charge in [-0.3, -0.25) is 0 Å². The van der Waals surface area contributed by atoms with Crippen LogP contribution >= 0.6 is 50.1 Å². The van der Waals surface area contributed by atoms with Crippen LogP contribution in [0, 0.1) is 3.57 Å². The van der Waals surface area contributed by atoms with Gasteiger partial charge in [0.05, 0.1) is 20.8 Å². The second kappa shape index (κ2) is 6.38. The van der Waals surface area contributed by atoms with Gasteiger partial charge in [0.2, 0.25) is 0 Å². The molecule has 0 fully saturated rings. The molecule has 0 aliphatic heterocycles. The molecule has 0 amide bonds. The van der Waals surface area contributed by atoms with Crippen LogP contribution in [0.4, 0.5) is 0 Å². The molecule has 0 aliphatic rings. The second-order valence-corrected chi connectivity index (χ2v) is 7.89. The lowest BCUT2D eigenvalue weighted by molar-refractivity contribution is 0.412. The number of halogens is 3. The minimum absolute atomic E-state index is 0.0957. The molecule has 0 aliphatic carbocycles. The van der Waals surface area contributed by atoms with Crippen molar-refractivity contribution in [2.75, 3.05) is 7.11 Å². The van der Waals surface area contributed by atoms with Crippen molar-refractivity contribution in [1.29, 1.82) is 0 Å². The molecular weight excluding hydrogens is 466 g/mol. The van der Waals surface area contributed by atoms with E-state index >= 15 is 0 Å². The summed E-state index contributed by atoms with van der Waals surface area (Å²) < 4.78 is 7.00. The van der Waals surface area contributed by atoms with Crippen molar-refractivity contribution in [3.8, 4) is 17.1 Å². The molecule has 6 heteroatoms. The third-order valence-electron chi connectivity index (χ3n) is 2.93. The summed E-state index contributed by atoms with van der Waals surface area (Å²) in [7, 11) is 1.63. The summed E-state index contributed by atoms with van der Waals surface area (Å²) in [5, 5.41) is 0.484. The molecule has 1 aromatic carbocycles. The number of aromatic nitrogens is 2. The fourth-order valence-corrected chi connectivity index (χ4v) is 3.61. The van der Waals surface area contributed by atoms with Gasteiger partial charge >= 0.3 is 0 Å². The first-order valence-corrected chi connectivity index (χ1v) is 8.56. The molecule has 1 heterocycles. The van der Waals surface area contributed by atoms with Crippen molar-refractivity contribution in [1.82, 2.24) is 9.97 Å². The summed E-state index contributed by atoms with van der Waals surface area (Å²) in [6.07, 6.45) is 0. The average Bonchev–Trinajstić information content (AvgIpc) is 2.40. The molecule has 3 nitrogen and oxygen atoms in total. The first-order chi connectivity index (χ1) is 9.74. The largest absolute Gasteiger partial charge is 0.496 e. The van der Waals surface area contributed by atoms with Crippen LogP contribution in [0.3, 0.4) is 0 Å². The van der Waals surface area contributed by atoms with E-state index in [9.17, 15) is 0 Å². The Labute approximate surface area is 151 Å². The van der Waals surface area contributed by atoms with E-state index in [1.807, 2.05) is 18.2 Å². The molecule has 1 aromatic heterocycles. The number of hydrogen-bond acceptors (Lipinski definition) is 3. The van der Waals surface area contributed by atoms with E-state index in [1.165, 1.54) is 0 Å². The molecule has 2 aromatic rings. The van der Waals surface area contributed by atoms with Crippen LogP contribution in [0.15, 0.2) is 22.7 Å². The maximum atomic E-state index is 6.28. The van der Waals surface area contributed by atoms with Crippen LogP contribution in [0.5, 0.6) is 5.75 Å². The quantitative estimate of drug-likeness (QED) is 0.422. The molecule has 0 unspecified atom stereocenters. The third kappa shape index (κ3) is 3.68. The summed E-state index contributed by atoms with van der Waals surface area (Å²) in [6.45, 7) is 6.34. The highest BCUT2D eigenvalue weighted by molar-refractivity contribution is 14.1. The number of methoxy groups -OCH3 is 1. The van der Waals surface area contributed by atoms with Gasteiger partial charge < -0.3 is 4.74 Å². The van der Waals surface area contributed by atoms with Gasteiger partial charge in [0.15, 0.2) is 5.82 Å². The van der Waals surface area contributed by atoms with Crippen LogP contribution in [0.1, 0.15) is 26.5 Å². The first kappa shape index (κ1) is 17.0. The fourth-order valence-electron chi connectivity index (χ4n) is 1.85. The Morgan fingerprint density at radius 1 is 1.24 bits per heavy atom. The van der Waals surface area contributed by atoms with E-state index in [4.69, 9.17) is 21.3 Å². The highest BCUT2D eigenvalue weighted by Crippen LogP contribution is 2.33. The zero-order valence-electron chi connectivity index (χ0n) is 12.2. The van der Waals surface area contributed by atoms with E-state index in [2.05, 4.69) is 64.3 Å². The van der Waals surface area contributed by atoms with Crippen molar-refractivity contribution in [2.24, 2.45) is 0 Å². The highest BCUT2D eigenvalue weighted by Gasteiger charge is 2.23. The molecule has 0 radical (unpaired) electrons. The van der Waals surface area contributed by atoms with Crippen molar-refractivity contribution < 1.29 is 4.74 Å². The monoisotopic (exact) mass is 480 g/mol. The number of benzene rings is 1. The zero-order chi connectivity index (χ0) is 15.8. The Balaban J connectivity index is 2.60. The molecule has 0 bridgehead atoms. The molecule has 0 N–H and O–H groups in total. The van der Waals surface area contributed by atoms with Gasteiger partial charge in [-0.05, 0) is 56.7 Å². The number of hydrogen-bond donors (Lipinski definition) is 0. The normalized spacial score (nSPS) is 11.6. The lowest BCUT2D eigenvalue weighted by Gasteiger charge is -2.20. The smallest absolute Gasteiger partial charge is 0.161 e. The van der Waals surface area contributed by atoms with Gasteiger partial charge in [0.1, 0.15) is 10.9 Å². The minimum atomic E-state index is -0.0957. The van der Waals surface area contributed by atoms with Crippen molar-refractivity contribution in [3.63, 3.8) is 0 Å². The first-order valence-electron chi connectivity index (χ1n) is 6.31. The van der Waals surface area contributed by atoms with Gasteiger partial charge in [-0.1, -0.05) is 32.4 Å². The Morgan fingerprint density at radius 2 is 1.90 bits per heavy atom. The SMILES string of the molecule is COc1ccc(-c2nc(Cl)c(I)c(C(C)(C)C)n2)cc1Br. The molecule has 0 atom stereocenters. The summed E-state index contributed by atoms with van der Waals surface area (Å²) in [6, 6.07) is 5.74. The lowest BCUT2D eigenvalue weighted by Crippen LogP contribution is -2.17. The fraction of sp³-hybridized carbons (Fsp3) is 0.333. The van der Waals surface area contributed by atoms with Crippen LogP contribution in [0.25, 0.3) is 11.4 Å². The van der Waals surface area contributed by atoms with Crippen molar-refractivity contribution in [3.05, 3.63) is 37.1 Å². The molecule has 2 rings (SSSR count). The average molecular weight is 482 g/mol. The van der Waals surface area contributed by atoms with Gasteiger partial charge in [-0.25, -0.2) is 9.97 Å². The predicted molar refractivity (Wildman–Crippen MR) is 98.1 cm³/mol. The van der Waals surface area contributed by atoms with Crippen LogP contribution < -0.4 is 4.74 Å². The number of nitrogens with zero attached hydrogens (tertiary/aromatic N) is 2. The lowest BCUT2D eigenvalue weighted by atomic mass is 9.92. The highest BCUT2D eigenvalue weighted by atomic mass is 127. The molecule has 0 saturated heterocycles. The minimum Gasteiger partial charge on any atom is -0.496 e. The standard InChI is InChI=1S/C15H15BrClIN2O/c1-15(2,3)12-11(18)13(17)20-14(19-12)8-5-6-10(21-4)9(16)7-8/h5-7H,1-4H3. The van der Waals surface area contributed by atoms with Gasteiger partial charge in [0.25, 0.3) is 0 Å². The zero-order valence-corrected chi connectivity index (χ0v) is 16.7. The maximum Gasteiger partial charge on any atom is 0.161 e. The van der Waals surface area contributed by atoms with Crippen LogP contribution in [0.2, 0.25) is 5.15 Å². The summed E-state index contributed by atoms with van der Waals surface area (Å²) in [5.74, 6) is 1.39.